The number of anilines is 1. The van der Waals surface area contributed by atoms with Crippen LogP contribution in [0.1, 0.15) is 28.4 Å². The third-order valence-corrected chi connectivity index (χ3v) is 5.21. The summed E-state index contributed by atoms with van der Waals surface area (Å²) in [5.74, 6) is 0.294. The van der Waals surface area contributed by atoms with E-state index in [2.05, 4.69) is 10.0 Å². The average Bonchev–Trinajstić information content (AvgIpc) is 2.57. The summed E-state index contributed by atoms with van der Waals surface area (Å²) in [6, 6.07) is 9.74. The normalized spacial score (nSPS) is 11.0. The first-order valence-corrected chi connectivity index (χ1v) is 9.36. The Morgan fingerprint density at radius 2 is 1.80 bits per heavy atom. The molecular weight excluding hydrogens is 340 g/mol. The molecule has 2 aromatic carbocycles. The second-order valence-corrected chi connectivity index (χ2v) is 7.20. The van der Waals surface area contributed by atoms with Crippen molar-refractivity contribution in [1.29, 1.82) is 0 Å². The molecule has 0 radical (unpaired) electrons. The number of aryl methyl sites for hydroxylation is 2. The fourth-order valence-corrected chi connectivity index (χ4v) is 3.86. The van der Waals surface area contributed by atoms with E-state index < -0.39 is 10.0 Å². The van der Waals surface area contributed by atoms with Gasteiger partial charge >= 0.3 is 0 Å². The summed E-state index contributed by atoms with van der Waals surface area (Å²) in [4.78, 5) is 12.1. The summed E-state index contributed by atoms with van der Waals surface area (Å²) in [6.07, 6.45) is 0. The van der Waals surface area contributed by atoms with E-state index in [1.165, 1.54) is 7.05 Å². The van der Waals surface area contributed by atoms with Gasteiger partial charge in [-0.2, -0.15) is 0 Å². The number of benzene rings is 2. The molecule has 0 saturated heterocycles. The molecule has 2 aromatic rings. The van der Waals surface area contributed by atoms with E-state index in [4.69, 9.17) is 4.74 Å². The maximum Gasteiger partial charge on any atom is 0.262 e. The molecular formula is C18H22N2O4S. The van der Waals surface area contributed by atoms with E-state index >= 15 is 0 Å². The quantitative estimate of drug-likeness (QED) is 0.827. The van der Waals surface area contributed by atoms with Crippen LogP contribution in [-0.2, 0) is 10.0 Å². The number of hydrogen-bond donors (Lipinski definition) is 2. The first-order valence-electron chi connectivity index (χ1n) is 7.88. The molecule has 0 unspecified atom stereocenters. The zero-order valence-corrected chi connectivity index (χ0v) is 15.5. The van der Waals surface area contributed by atoms with Gasteiger partial charge in [-0.1, -0.05) is 12.1 Å². The maximum absolute atomic E-state index is 12.8. The van der Waals surface area contributed by atoms with Crippen LogP contribution in [0.15, 0.2) is 41.3 Å². The summed E-state index contributed by atoms with van der Waals surface area (Å²) in [6.45, 7) is 5.88. The largest absolute Gasteiger partial charge is 0.494 e. The zero-order valence-electron chi connectivity index (χ0n) is 14.7. The second kappa shape index (κ2) is 7.57. The van der Waals surface area contributed by atoms with Crippen LogP contribution in [0.2, 0.25) is 0 Å². The molecule has 0 bridgehead atoms. The molecule has 134 valence electrons. The third-order valence-electron chi connectivity index (χ3n) is 3.70. The van der Waals surface area contributed by atoms with Gasteiger partial charge in [0.1, 0.15) is 5.75 Å². The van der Waals surface area contributed by atoms with Gasteiger partial charge in [0.15, 0.2) is 0 Å². The molecule has 7 heteroatoms. The predicted octanol–water partition coefficient (Wildman–Crippen LogP) is 2.86. The maximum atomic E-state index is 12.8. The van der Waals surface area contributed by atoms with Gasteiger partial charge in [0.05, 0.1) is 22.8 Å². The van der Waals surface area contributed by atoms with E-state index in [1.807, 2.05) is 6.92 Å². The minimum absolute atomic E-state index is 0.153. The van der Waals surface area contributed by atoms with Gasteiger partial charge in [-0.25, -0.2) is 8.42 Å². The van der Waals surface area contributed by atoms with E-state index in [-0.39, 0.29) is 22.1 Å². The Labute approximate surface area is 148 Å². The van der Waals surface area contributed by atoms with Gasteiger partial charge in [-0.05, 0) is 56.2 Å². The van der Waals surface area contributed by atoms with Crippen LogP contribution in [0.5, 0.6) is 5.75 Å². The second-order valence-electron chi connectivity index (χ2n) is 5.55. The van der Waals surface area contributed by atoms with Crippen molar-refractivity contribution in [2.24, 2.45) is 0 Å². The van der Waals surface area contributed by atoms with Gasteiger partial charge in [0.2, 0.25) is 0 Å². The molecule has 0 fully saturated rings. The first-order chi connectivity index (χ1) is 11.8. The molecule has 2 N–H and O–H groups in total. The standard InChI is InChI=1S/C18H22N2O4S/c1-5-24-16-10-13(3)17(11-12(16)2)25(22,23)20-15-9-7-6-8-14(15)18(21)19-4/h6-11,20H,5H2,1-4H3,(H,19,21). The molecule has 0 aliphatic carbocycles. The Balaban J connectivity index is 2.45. The summed E-state index contributed by atoms with van der Waals surface area (Å²) in [5.41, 5.74) is 1.79. The number of ether oxygens (including phenoxy) is 1. The number of sulfonamides is 1. The number of nitrogens with one attached hydrogen (secondary N) is 2. The molecule has 1 amide bonds. The zero-order chi connectivity index (χ0) is 18.6. The van der Waals surface area contributed by atoms with Crippen molar-refractivity contribution >= 4 is 21.6 Å². The van der Waals surface area contributed by atoms with Crippen molar-refractivity contribution < 1.29 is 17.9 Å². The highest BCUT2D eigenvalue weighted by molar-refractivity contribution is 7.92. The van der Waals surface area contributed by atoms with Crippen molar-refractivity contribution in [2.75, 3.05) is 18.4 Å². The van der Waals surface area contributed by atoms with Crippen LogP contribution >= 0.6 is 0 Å². The molecule has 6 nitrogen and oxygen atoms in total. The Bertz CT molecular complexity index is 892. The van der Waals surface area contributed by atoms with Gasteiger partial charge in [0, 0.05) is 7.05 Å². The van der Waals surface area contributed by atoms with Crippen LogP contribution in [0.25, 0.3) is 0 Å². The first kappa shape index (κ1) is 18.8. The average molecular weight is 362 g/mol. The fourth-order valence-electron chi connectivity index (χ4n) is 2.47. The fraction of sp³-hybridized carbons (Fsp3) is 0.278. The summed E-state index contributed by atoms with van der Waals surface area (Å²) in [7, 11) is -2.35. The van der Waals surface area contributed by atoms with E-state index in [0.29, 0.717) is 17.9 Å². The lowest BCUT2D eigenvalue weighted by Crippen LogP contribution is -2.22. The lowest BCUT2D eigenvalue weighted by molar-refractivity contribution is 0.0964. The molecule has 0 aromatic heterocycles. The number of para-hydroxylation sites is 1. The minimum atomic E-state index is -3.85. The number of hydrogen-bond acceptors (Lipinski definition) is 4. The molecule has 0 spiro atoms. The van der Waals surface area contributed by atoms with Crippen molar-refractivity contribution in [3.8, 4) is 5.75 Å². The van der Waals surface area contributed by atoms with E-state index in [9.17, 15) is 13.2 Å². The topological polar surface area (TPSA) is 84.5 Å². The van der Waals surface area contributed by atoms with Crippen molar-refractivity contribution in [1.82, 2.24) is 5.32 Å². The van der Waals surface area contributed by atoms with Crippen molar-refractivity contribution in [2.45, 2.75) is 25.7 Å². The van der Waals surface area contributed by atoms with Crippen LogP contribution in [-0.4, -0.2) is 28.0 Å². The summed E-state index contributed by atoms with van der Waals surface area (Å²) in [5, 5.41) is 2.50. The Kier molecular flexibility index (Phi) is 5.69. The SMILES string of the molecule is CCOc1cc(C)c(S(=O)(=O)Nc2ccccc2C(=O)NC)cc1C. The molecule has 0 aliphatic rings. The lowest BCUT2D eigenvalue weighted by Gasteiger charge is -2.15. The van der Waals surface area contributed by atoms with Gasteiger partial charge in [0.25, 0.3) is 15.9 Å². The predicted molar refractivity (Wildman–Crippen MR) is 97.7 cm³/mol. The minimum Gasteiger partial charge on any atom is -0.494 e. The Morgan fingerprint density at radius 1 is 1.12 bits per heavy atom. The van der Waals surface area contributed by atoms with Gasteiger partial charge in [-0.15, -0.1) is 0 Å². The van der Waals surface area contributed by atoms with Crippen LogP contribution in [0.3, 0.4) is 0 Å². The highest BCUT2D eigenvalue weighted by Crippen LogP contribution is 2.28. The van der Waals surface area contributed by atoms with Gasteiger partial charge in [-0.3, -0.25) is 9.52 Å². The van der Waals surface area contributed by atoms with E-state index in [0.717, 1.165) is 5.56 Å². The molecule has 0 heterocycles. The molecule has 2 rings (SSSR count). The smallest absolute Gasteiger partial charge is 0.262 e. The molecule has 25 heavy (non-hydrogen) atoms. The van der Waals surface area contributed by atoms with Crippen molar-refractivity contribution in [3.63, 3.8) is 0 Å². The molecule has 0 saturated carbocycles. The van der Waals surface area contributed by atoms with E-state index in [1.54, 1.807) is 50.2 Å². The van der Waals surface area contributed by atoms with Crippen LogP contribution < -0.4 is 14.8 Å². The van der Waals surface area contributed by atoms with Crippen LogP contribution in [0.4, 0.5) is 5.69 Å². The number of carbonyl (C=O) groups is 1. The third kappa shape index (κ3) is 4.11. The molecule has 0 aliphatic heterocycles. The summed E-state index contributed by atoms with van der Waals surface area (Å²) < 4.78 is 33.7. The number of carbonyl (C=O) groups excluding carboxylic acids is 1. The number of amides is 1. The highest BCUT2D eigenvalue weighted by Gasteiger charge is 2.21. The molecule has 0 atom stereocenters. The number of rotatable bonds is 6. The van der Waals surface area contributed by atoms with Gasteiger partial charge < -0.3 is 10.1 Å². The Hall–Kier alpha value is -2.54. The summed E-state index contributed by atoms with van der Waals surface area (Å²) >= 11 is 0. The Morgan fingerprint density at radius 3 is 2.44 bits per heavy atom. The van der Waals surface area contributed by atoms with Crippen molar-refractivity contribution in [3.05, 3.63) is 53.1 Å². The highest BCUT2D eigenvalue weighted by atomic mass is 32.2. The lowest BCUT2D eigenvalue weighted by atomic mass is 10.1. The monoisotopic (exact) mass is 362 g/mol. The van der Waals surface area contributed by atoms with Crippen LogP contribution in [0, 0.1) is 13.8 Å².